The van der Waals surface area contributed by atoms with E-state index in [1.54, 1.807) is 12.1 Å². The van der Waals surface area contributed by atoms with Crippen molar-refractivity contribution in [1.29, 1.82) is 0 Å². The first-order valence-corrected chi connectivity index (χ1v) is 6.87. The predicted molar refractivity (Wildman–Crippen MR) is 78.0 cm³/mol. The highest BCUT2D eigenvalue weighted by Crippen LogP contribution is 2.67. The van der Waals surface area contributed by atoms with Crippen molar-refractivity contribution in [2.45, 2.75) is 27.7 Å². The summed E-state index contributed by atoms with van der Waals surface area (Å²) in [5.41, 5.74) is 0.949. The van der Waals surface area contributed by atoms with Crippen molar-refractivity contribution in [2.24, 2.45) is 16.7 Å². The zero-order valence-corrected chi connectivity index (χ0v) is 12.8. The Bertz CT molecular complexity index is 521. The topological polar surface area (TPSA) is 58.6 Å². The van der Waals surface area contributed by atoms with Crippen molar-refractivity contribution in [3.8, 4) is 11.5 Å². The maximum absolute atomic E-state index is 12.1. The number of ether oxygens (including phenoxy) is 1. The molecule has 0 bridgehead atoms. The third-order valence-corrected chi connectivity index (χ3v) is 5.23. The number of methoxy groups -OCH3 is 1. The van der Waals surface area contributed by atoms with Crippen LogP contribution in [0.3, 0.4) is 0 Å². The van der Waals surface area contributed by atoms with Crippen LogP contribution in [0.5, 0.6) is 11.5 Å². The van der Waals surface area contributed by atoms with E-state index in [0.29, 0.717) is 23.8 Å². The zero-order valence-electron chi connectivity index (χ0n) is 12.8. The van der Waals surface area contributed by atoms with Crippen LogP contribution in [-0.2, 0) is 0 Å². The van der Waals surface area contributed by atoms with Gasteiger partial charge in [-0.05, 0) is 34.9 Å². The largest absolute Gasteiger partial charge is 0.504 e. The maximum atomic E-state index is 12.1. The van der Waals surface area contributed by atoms with Crippen LogP contribution in [0.25, 0.3) is 0 Å². The summed E-state index contributed by atoms with van der Waals surface area (Å²) in [5.74, 6) is 0.658. The van der Waals surface area contributed by atoms with E-state index in [-0.39, 0.29) is 22.5 Å². The molecule has 0 aliphatic heterocycles. The number of aromatic hydroxyl groups is 1. The molecule has 0 radical (unpaired) electrons. The molecule has 2 rings (SSSR count). The molecule has 0 unspecified atom stereocenters. The number of rotatable bonds is 4. The molecule has 4 heteroatoms. The molecule has 0 atom stereocenters. The SMILES string of the molecule is COc1ccc(C(=O)NCC2C(C)(C)C2(C)C)cc1O. The van der Waals surface area contributed by atoms with Gasteiger partial charge < -0.3 is 15.2 Å². The number of hydrogen-bond donors (Lipinski definition) is 2. The number of amides is 1. The van der Waals surface area contributed by atoms with E-state index in [0.717, 1.165) is 0 Å². The molecule has 0 saturated heterocycles. The lowest BCUT2D eigenvalue weighted by molar-refractivity contribution is 0.0949. The van der Waals surface area contributed by atoms with Gasteiger partial charge >= 0.3 is 0 Å². The van der Waals surface area contributed by atoms with Gasteiger partial charge in [-0.1, -0.05) is 27.7 Å². The van der Waals surface area contributed by atoms with Crippen molar-refractivity contribution in [3.05, 3.63) is 23.8 Å². The monoisotopic (exact) mass is 277 g/mol. The average Bonchev–Trinajstić information content (AvgIpc) is 2.76. The number of hydrogen-bond acceptors (Lipinski definition) is 3. The van der Waals surface area contributed by atoms with E-state index in [1.807, 2.05) is 0 Å². The minimum atomic E-state index is -0.165. The van der Waals surface area contributed by atoms with Crippen LogP contribution in [0.4, 0.5) is 0 Å². The maximum Gasteiger partial charge on any atom is 0.251 e. The quantitative estimate of drug-likeness (QED) is 0.889. The third kappa shape index (κ3) is 2.23. The molecule has 110 valence electrons. The number of benzene rings is 1. The van der Waals surface area contributed by atoms with Gasteiger partial charge in [-0.2, -0.15) is 0 Å². The molecular weight excluding hydrogens is 254 g/mol. The Labute approximate surface area is 120 Å². The van der Waals surface area contributed by atoms with Crippen molar-refractivity contribution in [1.82, 2.24) is 5.32 Å². The normalized spacial score (nSPS) is 19.4. The second kappa shape index (κ2) is 4.69. The van der Waals surface area contributed by atoms with Crippen LogP contribution in [-0.4, -0.2) is 24.7 Å². The highest BCUT2D eigenvalue weighted by atomic mass is 16.5. The molecule has 1 aromatic rings. The molecule has 1 aliphatic rings. The smallest absolute Gasteiger partial charge is 0.251 e. The number of carbonyl (C=O) groups is 1. The summed E-state index contributed by atoms with van der Waals surface area (Å²) in [6.07, 6.45) is 0. The highest BCUT2D eigenvalue weighted by molar-refractivity contribution is 5.94. The summed E-state index contributed by atoms with van der Waals surface area (Å²) in [7, 11) is 1.48. The molecule has 1 amide bonds. The van der Waals surface area contributed by atoms with Gasteiger partial charge in [0, 0.05) is 12.1 Å². The Morgan fingerprint density at radius 3 is 2.35 bits per heavy atom. The second-order valence-corrected chi connectivity index (χ2v) is 6.59. The summed E-state index contributed by atoms with van der Waals surface area (Å²) >= 11 is 0. The van der Waals surface area contributed by atoms with Gasteiger partial charge in [0.25, 0.3) is 5.91 Å². The van der Waals surface area contributed by atoms with Gasteiger partial charge in [0.05, 0.1) is 7.11 Å². The Balaban J connectivity index is 1.98. The lowest BCUT2D eigenvalue weighted by atomic mass is 10.0. The number of nitrogens with one attached hydrogen (secondary N) is 1. The Morgan fingerprint density at radius 1 is 1.30 bits per heavy atom. The first-order valence-electron chi connectivity index (χ1n) is 6.87. The fraction of sp³-hybridized carbons (Fsp3) is 0.562. The number of phenols is 1. The third-order valence-electron chi connectivity index (χ3n) is 5.23. The van der Waals surface area contributed by atoms with Gasteiger partial charge in [0.1, 0.15) is 0 Å². The van der Waals surface area contributed by atoms with Crippen molar-refractivity contribution in [2.75, 3.05) is 13.7 Å². The van der Waals surface area contributed by atoms with Gasteiger partial charge in [-0.3, -0.25) is 4.79 Å². The molecule has 1 fully saturated rings. The summed E-state index contributed by atoms with van der Waals surface area (Å²) in [4.78, 5) is 12.1. The highest BCUT2D eigenvalue weighted by Gasteiger charge is 2.64. The van der Waals surface area contributed by atoms with Crippen LogP contribution in [0.2, 0.25) is 0 Å². The minimum Gasteiger partial charge on any atom is -0.504 e. The molecule has 2 N–H and O–H groups in total. The molecule has 0 spiro atoms. The van der Waals surface area contributed by atoms with E-state index in [4.69, 9.17) is 4.74 Å². The predicted octanol–water partition coefficient (Wildman–Crippen LogP) is 2.81. The minimum absolute atomic E-state index is 0.0211. The fourth-order valence-corrected chi connectivity index (χ4v) is 2.97. The molecule has 1 aromatic carbocycles. The van der Waals surface area contributed by atoms with E-state index in [2.05, 4.69) is 33.0 Å². The van der Waals surface area contributed by atoms with Crippen LogP contribution in [0, 0.1) is 16.7 Å². The molecule has 20 heavy (non-hydrogen) atoms. The summed E-state index contributed by atoms with van der Waals surface area (Å²) in [5, 5.41) is 12.6. The first kappa shape index (κ1) is 14.7. The molecule has 4 nitrogen and oxygen atoms in total. The molecule has 0 heterocycles. The van der Waals surface area contributed by atoms with Crippen molar-refractivity contribution < 1.29 is 14.6 Å². The number of carbonyl (C=O) groups excluding carboxylic acids is 1. The standard InChI is InChI=1S/C16H23NO3/c1-15(2)13(16(15,3)4)9-17-14(19)10-6-7-12(20-5)11(18)8-10/h6-8,13,18H,9H2,1-5H3,(H,17,19). The number of phenolic OH excluding ortho intramolecular Hbond substituents is 1. The van der Waals surface area contributed by atoms with Gasteiger partial charge in [-0.15, -0.1) is 0 Å². The summed E-state index contributed by atoms with van der Waals surface area (Å²) in [6, 6.07) is 4.67. The van der Waals surface area contributed by atoms with E-state index >= 15 is 0 Å². The first-order chi connectivity index (χ1) is 9.21. The van der Waals surface area contributed by atoms with E-state index < -0.39 is 0 Å². The summed E-state index contributed by atoms with van der Waals surface area (Å²) in [6.45, 7) is 9.56. The van der Waals surface area contributed by atoms with Crippen LogP contribution < -0.4 is 10.1 Å². The van der Waals surface area contributed by atoms with E-state index in [1.165, 1.54) is 13.2 Å². The Kier molecular flexibility index (Phi) is 3.44. The Morgan fingerprint density at radius 2 is 1.90 bits per heavy atom. The second-order valence-electron chi connectivity index (χ2n) is 6.59. The van der Waals surface area contributed by atoms with Gasteiger partial charge in [-0.25, -0.2) is 0 Å². The zero-order chi connectivity index (χ0) is 15.1. The van der Waals surface area contributed by atoms with Crippen molar-refractivity contribution >= 4 is 5.91 Å². The molecule has 0 aromatic heterocycles. The Hall–Kier alpha value is -1.71. The van der Waals surface area contributed by atoms with Crippen LogP contribution >= 0.6 is 0 Å². The van der Waals surface area contributed by atoms with Crippen molar-refractivity contribution in [3.63, 3.8) is 0 Å². The van der Waals surface area contributed by atoms with Gasteiger partial charge in [0.15, 0.2) is 11.5 Å². The molecule has 1 saturated carbocycles. The lowest BCUT2D eigenvalue weighted by Gasteiger charge is -2.08. The van der Waals surface area contributed by atoms with Gasteiger partial charge in [0.2, 0.25) is 0 Å². The van der Waals surface area contributed by atoms with Crippen LogP contribution in [0.15, 0.2) is 18.2 Å². The lowest BCUT2D eigenvalue weighted by Crippen LogP contribution is -2.27. The fourth-order valence-electron chi connectivity index (χ4n) is 2.97. The molecule has 1 aliphatic carbocycles. The molecular formula is C16H23NO3. The summed E-state index contributed by atoms with van der Waals surface area (Å²) < 4.78 is 4.96. The van der Waals surface area contributed by atoms with Crippen LogP contribution in [0.1, 0.15) is 38.1 Å². The van der Waals surface area contributed by atoms with E-state index in [9.17, 15) is 9.90 Å². The average molecular weight is 277 g/mol.